The number of benzene rings is 1. The molecule has 0 aliphatic heterocycles. The van der Waals surface area contributed by atoms with E-state index in [1.807, 2.05) is 36.4 Å². The Labute approximate surface area is 82.2 Å². The third-order valence-electron chi connectivity index (χ3n) is 2.03. The quantitative estimate of drug-likeness (QED) is 0.670. The lowest BCUT2D eigenvalue weighted by Crippen LogP contribution is -1.88. The van der Waals surface area contributed by atoms with E-state index in [9.17, 15) is 4.79 Å². The largest absolute Gasteiger partial charge is 0.298 e. The number of nitrogens with zero attached hydrogens (tertiary/aromatic N) is 1. The Kier molecular flexibility index (Phi) is 2.36. The Bertz CT molecular complexity index is 437. The fourth-order valence-corrected chi connectivity index (χ4v) is 1.36. The number of aromatic nitrogens is 1. The Morgan fingerprint density at radius 2 is 1.79 bits per heavy atom. The Morgan fingerprint density at radius 3 is 2.50 bits per heavy atom. The summed E-state index contributed by atoms with van der Waals surface area (Å²) in [7, 11) is 0. The van der Waals surface area contributed by atoms with E-state index in [1.165, 1.54) is 0 Å². The van der Waals surface area contributed by atoms with Crippen molar-refractivity contribution in [1.82, 2.24) is 4.98 Å². The predicted octanol–water partition coefficient (Wildman–Crippen LogP) is 2.56. The average molecular weight is 183 g/mol. The van der Waals surface area contributed by atoms with Crippen LogP contribution in [0, 0.1) is 0 Å². The number of hydrogen-bond acceptors (Lipinski definition) is 2. The number of carbonyl (C=O) groups is 1. The van der Waals surface area contributed by atoms with Gasteiger partial charge in [-0.05, 0) is 12.1 Å². The monoisotopic (exact) mass is 183 g/mol. The number of carbonyl (C=O) groups excluding carboxylic acids is 1. The molecule has 0 fully saturated rings. The van der Waals surface area contributed by atoms with Gasteiger partial charge in [0.15, 0.2) is 6.29 Å². The zero-order valence-electron chi connectivity index (χ0n) is 7.55. The summed E-state index contributed by atoms with van der Waals surface area (Å²) in [5.74, 6) is 0. The van der Waals surface area contributed by atoms with Gasteiger partial charge in [0, 0.05) is 17.3 Å². The smallest absolute Gasteiger partial charge is 0.150 e. The van der Waals surface area contributed by atoms with Gasteiger partial charge in [-0.1, -0.05) is 30.3 Å². The first-order chi connectivity index (χ1) is 6.92. The number of aldehydes is 1. The fourth-order valence-electron chi connectivity index (χ4n) is 1.36. The minimum absolute atomic E-state index is 0.672. The Balaban J connectivity index is 2.57. The third-order valence-corrected chi connectivity index (χ3v) is 2.03. The molecule has 0 saturated carbocycles. The summed E-state index contributed by atoms with van der Waals surface area (Å²) in [6.45, 7) is 0. The van der Waals surface area contributed by atoms with E-state index in [2.05, 4.69) is 4.98 Å². The van der Waals surface area contributed by atoms with Crippen molar-refractivity contribution in [3.63, 3.8) is 0 Å². The average Bonchev–Trinajstić information content (AvgIpc) is 2.30. The van der Waals surface area contributed by atoms with Crippen LogP contribution in [-0.4, -0.2) is 11.3 Å². The van der Waals surface area contributed by atoms with Crippen LogP contribution in [0.5, 0.6) is 0 Å². The van der Waals surface area contributed by atoms with E-state index in [4.69, 9.17) is 0 Å². The summed E-state index contributed by atoms with van der Waals surface area (Å²) in [6, 6.07) is 13.1. The zero-order valence-corrected chi connectivity index (χ0v) is 7.55. The van der Waals surface area contributed by atoms with Gasteiger partial charge < -0.3 is 0 Å². The van der Waals surface area contributed by atoms with Crippen LogP contribution in [0.4, 0.5) is 0 Å². The van der Waals surface area contributed by atoms with Gasteiger partial charge in [0.05, 0.1) is 5.69 Å². The van der Waals surface area contributed by atoms with Crippen molar-refractivity contribution in [3.8, 4) is 11.3 Å². The maximum Gasteiger partial charge on any atom is 0.150 e. The molecule has 0 aliphatic rings. The lowest BCUT2D eigenvalue weighted by atomic mass is 10.1. The molecule has 0 radical (unpaired) electrons. The highest BCUT2D eigenvalue weighted by molar-refractivity contribution is 5.86. The van der Waals surface area contributed by atoms with Crippen LogP contribution in [0.1, 0.15) is 10.4 Å². The lowest BCUT2D eigenvalue weighted by molar-refractivity contribution is 0.112. The van der Waals surface area contributed by atoms with Crippen molar-refractivity contribution in [2.45, 2.75) is 0 Å². The summed E-state index contributed by atoms with van der Waals surface area (Å²) < 4.78 is 0. The van der Waals surface area contributed by atoms with Crippen LogP contribution in [0.2, 0.25) is 0 Å². The molecule has 2 aromatic rings. The first-order valence-electron chi connectivity index (χ1n) is 4.37. The topological polar surface area (TPSA) is 30.0 Å². The standard InChI is InChI=1S/C12H9NO/c14-9-10-5-1-2-6-11(10)12-7-3-4-8-13-12/h1-9H. The highest BCUT2D eigenvalue weighted by Gasteiger charge is 2.02. The molecule has 0 bridgehead atoms. The van der Waals surface area contributed by atoms with Crippen molar-refractivity contribution >= 4 is 6.29 Å². The van der Waals surface area contributed by atoms with Gasteiger partial charge in [0.1, 0.15) is 0 Å². The highest BCUT2D eigenvalue weighted by atomic mass is 16.1. The molecule has 0 spiro atoms. The van der Waals surface area contributed by atoms with Crippen LogP contribution in [0.15, 0.2) is 48.7 Å². The summed E-state index contributed by atoms with van der Waals surface area (Å²) >= 11 is 0. The molecule has 0 N–H and O–H groups in total. The van der Waals surface area contributed by atoms with Crippen LogP contribution in [0.25, 0.3) is 11.3 Å². The number of pyridine rings is 1. The van der Waals surface area contributed by atoms with Crippen molar-refractivity contribution in [2.24, 2.45) is 0 Å². The molecule has 0 atom stereocenters. The molecular weight excluding hydrogens is 174 g/mol. The molecule has 1 aromatic carbocycles. The molecule has 2 heteroatoms. The number of hydrogen-bond donors (Lipinski definition) is 0. The third kappa shape index (κ3) is 1.55. The first kappa shape index (κ1) is 8.63. The number of rotatable bonds is 2. The van der Waals surface area contributed by atoms with Gasteiger partial charge in [0.25, 0.3) is 0 Å². The predicted molar refractivity (Wildman–Crippen MR) is 55.1 cm³/mol. The molecule has 1 aromatic heterocycles. The summed E-state index contributed by atoms with van der Waals surface area (Å²) in [5, 5.41) is 0. The minimum Gasteiger partial charge on any atom is -0.298 e. The van der Waals surface area contributed by atoms with Crippen molar-refractivity contribution in [2.75, 3.05) is 0 Å². The molecule has 2 nitrogen and oxygen atoms in total. The van der Waals surface area contributed by atoms with Crippen molar-refractivity contribution in [1.29, 1.82) is 0 Å². The van der Waals surface area contributed by atoms with Crippen LogP contribution >= 0.6 is 0 Å². The van der Waals surface area contributed by atoms with Gasteiger partial charge in [-0.3, -0.25) is 9.78 Å². The highest BCUT2D eigenvalue weighted by Crippen LogP contribution is 2.19. The molecule has 1 heterocycles. The molecule has 0 aliphatic carbocycles. The second-order valence-electron chi connectivity index (χ2n) is 2.92. The van der Waals surface area contributed by atoms with Crippen LogP contribution in [0.3, 0.4) is 0 Å². The van der Waals surface area contributed by atoms with Crippen LogP contribution in [-0.2, 0) is 0 Å². The molecule has 0 unspecified atom stereocenters. The zero-order chi connectivity index (χ0) is 9.80. The van der Waals surface area contributed by atoms with Gasteiger partial charge in [0.2, 0.25) is 0 Å². The molecule has 0 amide bonds. The van der Waals surface area contributed by atoms with Crippen molar-refractivity contribution < 1.29 is 4.79 Å². The molecular formula is C12H9NO. The molecule has 68 valence electrons. The Hall–Kier alpha value is -1.96. The summed E-state index contributed by atoms with van der Waals surface area (Å²) in [5.41, 5.74) is 2.38. The van der Waals surface area contributed by atoms with Crippen LogP contribution < -0.4 is 0 Å². The van der Waals surface area contributed by atoms with E-state index < -0.39 is 0 Å². The van der Waals surface area contributed by atoms with E-state index in [0.29, 0.717) is 5.56 Å². The maximum atomic E-state index is 10.8. The molecule has 0 saturated heterocycles. The van der Waals surface area contributed by atoms with Gasteiger partial charge in [-0.15, -0.1) is 0 Å². The SMILES string of the molecule is O=Cc1ccccc1-c1ccccn1. The normalized spacial score (nSPS) is 9.71. The van der Waals surface area contributed by atoms with Gasteiger partial charge in [-0.2, -0.15) is 0 Å². The van der Waals surface area contributed by atoms with Crippen molar-refractivity contribution in [3.05, 3.63) is 54.2 Å². The lowest BCUT2D eigenvalue weighted by Gasteiger charge is -2.02. The van der Waals surface area contributed by atoms with Gasteiger partial charge in [-0.25, -0.2) is 0 Å². The van der Waals surface area contributed by atoms with E-state index in [1.54, 1.807) is 12.3 Å². The summed E-state index contributed by atoms with van der Waals surface area (Å²) in [6.07, 6.45) is 2.57. The second-order valence-corrected chi connectivity index (χ2v) is 2.92. The van der Waals surface area contributed by atoms with E-state index in [-0.39, 0.29) is 0 Å². The van der Waals surface area contributed by atoms with E-state index in [0.717, 1.165) is 17.5 Å². The van der Waals surface area contributed by atoms with Gasteiger partial charge >= 0.3 is 0 Å². The second kappa shape index (κ2) is 3.83. The molecule has 14 heavy (non-hydrogen) atoms. The summed E-state index contributed by atoms with van der Waals surface area (Å²) in [4.78, 5) is 15.0. The Morgan fingerprint density at radius 1 is 1.00 bits per heavy atom. The maximum absolute atomic E-state index is 10.8. The fraction of sp³-hybridized carbons (Fsp3) is 0. The van der Waals surface area contributed by atoms with E-state index >= 15 is 0 Å². The first-order valence-corrected chi connectivity index (χ1v) is 4.37. The minimum atomic E-state index is 0.672. The molecule has 2 rings (SSSR count).